The van der Waals surface area contributed by atoms with Gasteiger partial charge in [-0.3, -0.25) is 9.59 Å². The molecule has 0 radical (unpaired) electrons. The highest BCUT2D eigenvalue weighted by molar-refractivity contribution is 5.79. The molecule has 0 aromatic rings. The van der Waals surface area contributed by atoms with Crippen LogP contribution in [0.1, 0.15) is 19.8 Å². The quantitative estimate of drug-likeness (QED) is 0.772. The van der Waals surface area contributed by atoms with Crippen LogP contribution in [-0.2, 0) is 9.59 Å². The Morgan fingerprint density at radius 1 is 1.53 bits per heavy atom. The van der Waals surface area contributed by atoms with Crippen LogP contribution in [-0.4, -0.2) is 41.4 Å². The molecule has 1 saturated heterocycles. The zero-order valence-corrected chi connectivity index (χ0v) is 8.37. The lowest BCUT2D eigenvalue weighted by atomic mass is 9.84. The maximum absolute atomic E-state index is 12.3. The van der Waals surface area contributed by atoms with Crippen molar-refractivity contribution in [2.45, 2.75) is 26.2 Å². The van der Waals surface area contributed by atoms with E-state index in [9.17, 15) is 18.4 Å². The molecule has 1 N–H and O–H groups in total. The minimum absolute atomic E-state index is 0.103. The second-order valence-corrected chi connectivity index (χ2v) is 3.87. The van der Waals surface area contributed by atoms with Crippen molar-refractivity contribution in [1.82, 2.24) is 4.90 Å². The summed E-state index contributed by atoms with van der Waals surface area (Å²) in [5.74, 6) is -1.51. The number of alkyl halides is 2. The van der Waals surface area contributed by atoms with Gasteiger partial charge in [-0.15, -0.1) is 0 Å². The lowest BCUT2D eigenvalue weighted by molar-refractivity contribution is -0.151. The van der Waals surface area contributed by atoms with Gasteiger partial charge in [-0.25, -0.2) is 8.78 Å². The Morgan fingerprint density at radius 3 is 2.47 bits per heavy atom. The van der Waals surface area contributed by atoms with E-state index in [-0.39, 0.29) is 25.4 Å². The molecule has 86 valence electrons. The van der Waals surface area contributed by atoms with Gasteiger partial charge in [0.2, 0.25) is 12.3 Å². The summed E-state index contributed by atoms with van der Waals surface area (Å²) in [5, 5.41) is 8.94. The fourth-order valence-corrected chi connectivity index (χ4v) is 1.87. The predicted molar refractivity (Wildman–Crippen MR) is 47.6 cm³/mol. The van der Waals surface area contributed by atoms with Crippen molar-refractivity contribution in [3.63, 3.8) is 0 Å². The number of likely N-dealkylation sites (tertiary alicyclic amines) is 1. The fourth-order valence-electron chi connectivity index (χ4n) is 1.87. The first-order valence-corrected chi connectivity index (χ1v) is 4.64. The minimum atomic E-state index is -2.66. The number of carboxylic acid groups (broad SMARTS) is 1. The SMILES string of the molecule is CC(=O)N1CCC(CC(F)F)(C(=O)O)C1. The molecule has 1 atom stereocenters. The number of halogens is 2. The van der Waals surface area contributed by atoms with Crippen molar-refractivity contribution in [1.29, 1.82) is 0 Å². The van der Waals surface area contributed by atoms with Gasteiger partial charge in [0.1, 0.15) is 0 Å². The number of nitrogens with zero attached hydrogens (tertiary/aromatic N) is 1. The number of hydrogen-bond donors (Lipinski definition) is 1. The highest BCUT2D eigenvalue weighted by Gasteiger charge is 2.47. The molecule has 15 heavy (non-hydrogen) atoms. The van der Waals surface area contributed by atoms with Crippen molar-refractivity contribution >= 4 is 11.9 Å². The first kappa shape index (κ1) is 11.9. The largest absolute Gasteiger partial charge is 0.481 e. The van der Waals surface area contributed by atoms with E-state index in [1.807, 2.05) is 0 Å². The molecule has 0 spiro atoms. The van der Waals surface area contributed by atoms with Crippen LogP contribution in [0.15, 0.2) is 0 Å². The van der Waals surface area contributed by atoms with Crippen LogP contribution in [0.2, 0.25) is 0 Å². The Hall–Kier alpha value is -1.20. The molecule has 0 aliphatic carbocycles. The van der Waals surface area contributed by atoms with E-state index in [4.69, 9.17) is 5.11 Å². The van der Waals surface area contributed by atoms with Gasteiger partial charge >= 0.3 is 5.97 Å². The summed E-state index contributed by atoms with van der Waals surface area (Å²) in [4.78, 5) is 23.2. The highest BCUT2D eigenvalue weighted by Crippen LogP contribution is 2.36. The number of carboxylic acids is 1. The monoisotopic (exact) mass is 221 g/mol. The molecule has 1 fully saturated rings. The standard InChI is InChI=1S/C9H13F2NO3/c1-6(13)12-3-2-9(5-12,8(14)15)4-7(10)11/h7H,2-5H2,1H3,(H,14,15). The lowest BCUT2D eigenvalue weighted by Gasteiger charge is -2.23. The number of aliphatic carboxylic acids is 1. The number of hydrogen-bond acceptors (Lipinski definition) is 2. The first-order chi connectivity index (χ1) is 6.87. The van der Waals surface area contributed by atoms with Crippen LogP contribution in [0.4, 0.5) is 8.78 Å². The van der Waals surface area contributed by atoms with Gasteiger partial charge in [-0.1, -0.05) is 0 Å². The molecular formula is C9H13F2NO3. The molecule has 0 aromatic heterocycles. The van der Waals surface area contributed by atoms with E-state index >= 15 is 0 Å². The minimum Gasteiger partial charge on any atom is -0.481 e. The smallest absolute Gasteiger partial charge is 0.311 e. The average molecular weight is 221 g/mol. The third-order valence-corrected chi connectivity index (χ3v) is 2.80. The van der Waals surface area contributed by atoms with E-state index in [0.717, 1.165) is 0 Å². The van der Waals surface area contributed by atoms with E-state index in [1.165, 1.54) is 11.8 Å². The van der Waals surface area contributed by atoms with E-state index < -0.39 is 24.2 Å². The molecule has 1 unspecified atom stereocenters. The van der Waals surface area contributed by atoms with Crippen molar-refractivity contribution in [3.05, 3.63) is 0 Å². The Kier molecular flexibility index (Phi) is 3.26. The van der Waals surface area contributed by atoms with Gasteiger partial charge in [0.15, 0.2) is 0 Å². The molecule has 4 nitrogen and oxygen atoms in total. The Balaban J connectivity index is 2.78. The maximum atomic E-state index is 12.3. The third-order valence-electron chi connectivity index (χ3n) is 2.80. The van der Waals surface area contributed by atoms with Crippen molar-refractivity contribution in [2.24, 2.45) is 5.41 Å². The first-order valence-electron chi connectivity index (χ1n) is 4.64. The maximum Gasteiger partial charge on any atom is 0.311 e. The van der Waals surface area contributed by atoms with E-state index in [2.05, 4.69) is 0 Å². The summed E-state index contributed by atoms with van der Waals surface area (Å²) in [5.41, 5.74) is -1.46. The summed E-state index contributed by atoms with van der Waals surface area (Å²) < 4.78 is 24.5. The van der Waals surface area contributed by atoms with Crippen molar-refractivity contribution < 1.29 is 23.5 Å². The van der Waals surface area contributed by atoms with Gasteiger partial charge in [0, 0.05) is 26.4 Å². The Labute approximate surface area is 85.9 Å². The predicted octanol–water partition coefficient (Wildman–Crippen LogP) is 0.965. The Morgan fingerprint density at radius 2 is 2.13 bits per heavy atom. The number of carbonyl (C=O) groups excluding carboxylic acids is 1. The molecule has 1 aliphatic rings. The summed E-state index contributed by atoms with van der Waals surface area (Å²) in [6, 6.07) is 0. The molecule has 0 saturated carbocycles. The zero-order valence-electron chi connectivity index (χ0n) is 8.37. The number of carbonyl (C=O) groups is 2. The van der Waals surface area contributed by atoms with Crippen LogP contribution in [0, 0.1) is 5.41 Å². The van der Waals surface area contributed by atoms with Crippen LogP contribution >= 0.6 is 0 Å². The lowest BCUT2D eigenvalue weighted by Crippen LogP contribution is -2.37. The summed E-state index contributed by atoms with van der Waals surface area (Å²) in [7, 11) is 0. The zero-order chi connectivity index (χ0) is 11.6. The van der Waals surface area contributed by atoms with Gasteiger partial charge in [0.05, 0.1) is 5.41 Å². The molecule has 1 heterocycles. The second kappa shape index (κ2) is 4.12. The summed E-state index contributed by atoms with van der Waals surface area (Å²) in [6.45, 7) is 1.44. The second-order valence-electron chi connectivity index (χ2n) is 3.87. The van der Waals surface area contributed by atoms with E-state index in [0.29, 0.717) is 0 Å². The van der Waals surface area contributed by atoms with E-state index in [1.54, 1.807) is 0 Å². The fraction of sp³-hybridized carbons (Fsp3) is 0.778. The van der Waals surface area contributed by atoms with Crippen molar-refractivity contribution in [3.8, 4) is 0 Å². The molecule has 1 amide bonds. The van der Waals surface area contributed by atoms with Crippen molar-refractivity contribution in [2.75, 3.05) is 13.1 Å². The van der Waals surface area contributed by atoms with Crippen LogP contribution in [0.3, 0.4) is 0 Å². The van der Waals surface area contributed by atoms with Gasteiger partial charge in [-0.2, -0.15) is 0 Å². The molecule has 0 bridgehead atoms. The third kappa shape index (κ3) is 2.43. The van der Waals surface area contributed by atoms with Gasteiger partial charge < -0.3 is 10.0 Å². The molecular weight excluding hydrogens is 208 g/mol. The van der Waals surface area contributed by atoms with Crippen LogP contribution in [0.25, 0.3) is 0 Å². The molecule has 6 heteroatoms. The van der Waals surface area contributed by atoms with Crippen LogP contribution < -0.4 is 0 Å². The topological polar surface area (TPSA) is 57.6 Å². The average Bonchev–Trinajstić information content (AvgIpc) is 2.48. The number of rotatable bonds is 3. The van der Waals surface area contributed by atoms with Gasteiger partial charge in [0.25, 0.3) is 0 Å². The molecule has 1 rings (SSSR count). The summed E-state index contributed by atoms with van der Waals surface area (Å²) in [6.07, 6.45) is -3.24. The number of amides is 1. The summed E-state index contributed by atoms with van der Waals surface area (Å²) >= 11 is 0. The highest BCUT2D eigenvalue weighted by atomic mass is 19.3. The molecule has 1 aliphatic heterocycles. The normalized spacial score (nSPS) is 26.0. The van der Waals surface area contributed by atoms with Crippen LogP contribution in [0.5, 0.6) is 0 Å². The molecule has 0 aromatic carbocycles. The van der Waals surface area contributed by atoms with Gasteiger partial charge in [-0.05, 0) is 6.42 Å². The Bertz CT molecular complexity index is 283.